The number of esters is 2. The molecule has 5 rings (SSSR count). The van der Waals surface area contributed by atoms with E-state index in [-0.39, 0.29) is 31.5 Å². The fourth-order valence-corrected chi connectivity index (χ4v) is 5.78. The third-order valence-corrected chi connectivity index (χ3v) is 9.10. The molecule has 2 aliphatic heterocycles. The lowest BCUT2D eigenvalue weighted by atomic mass is 10.0. The van der Waals surface area contributed by atoms with Crippen molar-refractivity contribution in [1.29, 1.82) is 0 Å². The van der Waals surface area contributed by atoms with Crippen LogP contribution in [0.1, 0.15) is 52.4 Å². The van der Waals surface area contributed by atoms with Gasteiger partial charge in [0.25, 0.3) is 0 Å². The molecule has 0 radical (unpaired) electrons. The van der Waals surface area contributed by atoms with Crippen molar-refractivity contribution in [3.05, 3.63) is 56.8 Å². The number of methoxy groups -OCH3 is 3. The number of halogens is 3. The lowest BCUT2D eigenvalue weighted by Gasteiger charge is -2.27. The maximum atomic E-state index is 11.4. The minimum atomic E-state index is -1.16. The average molecular weight is 769 g/mol. The summed E-state index contributed by atoms with van der Waals surface area (Å²) < 4.78 is 13.8. The first-order valence-corrected chi connectivity index (χ1v) is 16.0. The molecular weight excluding hydrogens is 725 g/mol. The highest BCUT2D eigenvalue weighted by molar-refractivity contribution is 6.19. The van der Waals surface area contributed by atoms with Gasteiger partial charge in [0.15, 0.2) is 5.41 Å². The number of aliphatic imine (C=N–C) groups is 1. The molecule has 0 unspecified atom stereocenters. The highest BCUT2D eigenvalue weighted by Gasteiger charge is 2.64. The molecule has 4 atom stereocenters. The number of nitrogens with zero attached hydrogens (tertiary/aromatic N) is 5. The lowest BCUT2D eigenvalue weighted by Crippen LogP contribution is -2.47. The second-order valence-corrected chi connectivity index (χ2v) is 12.2. The Labute approximate surface area is 303 Å². The van der Waals surface area contributed by atoms with Gasteiger partial charge in [-0.3, -0.25) is 14.6 Å². The van der Waals surface area contributed by atoms with Gasteiger partial charge in [0.05, 0.1) is 27.2 Å². The first-order valence-electron chi connectivity index (χ1n) is 15.0. The van der Waals surface area contributed by atoms with Crippen LogP contribution < -0.4 is 28.1 Å². The zero-order valence-corrected chi connectivity index (χ0v) is 29.6. The van der Waals surface area contributed by atoms with Crippen LogP contribution in [0.25, 0.3) is 0 Å². The van der Waals surface area contributed by atoms with Gasteiger partial charge in [-0.1, -0.05) is 26.0 Å². The number of amidine groups is 1. The van der Waals surface area contributed by atoms with E-state index in [0.29, 0.717) is 12.8 Å². The number of carbonyl (C=O) groups is 4. The molecule has 3 heterocycles. The number of alkyl carbamates (subject to hydrolysis) is 1. The minimum absolute atomic E-state index is 0. The second kappa shape index (κ2) is 19.3. The van der Waals surface area contributed by atoms with Gasteiger partial charge in [-0.05, 0) is 32.1 Å². The maximum Gasteiger partial charge on any atom is 0.407 e. The summed E-state index contributed by atoms with van der Waals surface area (Å²) in [6, 6.07) is 0. The van der Waals surface area contributed by atoms with E-state index in [4.69, 9.17) is 41.1 Å². The van der Waals surface area contributed by atoms with Crippen LogP contribution in [-0.2, 0) is 28.6 Å². The molecule has 3 fully saturated rings. The van der Waals surface area contributed by atoms with E-state index in [1.807, 2.05) is 0 Å². The van der Waals surface area contributed by atoms with Crippen LogP contribution in [0.15, 0.2) is 44.7 Å². The predicted molar refractivity (Wildman–Crippen MR) is 187 cm³/mol. The molecule has 3 N–H and O–H groups in total. The van der Waals surface area contributed by atoms with Gasteiger partial charge < -0.3 is 30.2 Å². The second-order valence-electron chi connectivity index (χ2n) is 11.1. The summed E-state index contributed by atoms with van der Waals surface area (Å²) in [4.78, 5) is 83.7. The van der Waals surface area contributed by atoms with Crippen LogP contribution in [-0.4, -0.2) is 93.4 Å². The Balaban J connectivity index is 0.000000332. The SMILES string of the molecule is C.C1CCC2=NCCCN2CC1.C=C[C@H]1C[C@@]1(C(N)=O)C(=O)OC.C=C[C@H]1C[C@@]1(NC(=O)OC)C(=O)OC.O=c1n(Cl)c(=O)n(Cl)c(=O)n1Cl. The van der Waals surface area contributed by atoms with Crippen LogP contribution in [0, 0.1) is 17.3 Å². The third-order valence-electron chi connectivity index (χ3n) is 8.23. The number of carbonyl (C=O) groups excluding carboxylic acids is 4. The first kappa shape index (κ1) is 43.9. The van der Waals surface area contributed by atoms with Gasteiger partial charge in [-0.25, -0.2) is 24.0 Å². The molecule has 4 aliphatic rings. The Morgan fingerprint density at radius 1 is 0.820 bits per heavy atom. The Hall–Kier alpha value is -4.09. The Kier molecular flexibility index (Phi) is 17.0. The summed E-state index contributed by atoms with van der Waals surface area (Å²) in [7, 11) is 3.76. The van der Waals surface area contributed by atoms with Crippen LogP contribution in [0.3, 0.4) is 0 Å². The molecule has 1 saturated heterocycles. The van der Waals surface area contributed by atoms with E-state index in [1.54, 1.807) is 12.2 Å². The molecule has 1 aromatic heterocycles. The van der Waals surface area contributed by atoms with Crippen LogP contribution in [0.4, 0.5) is 4.79 Å². The smallest absolute Gasteiger partial charge is 0.407 e. The molecule has 50 heavy (non-hydrogen) atoms. The van der Waals surface area contributed by atoms with E-state index in [1.165, 1.54) is 72.4 Å². The van der Waals surface area contributed by atoms with Gasteiger partial charge in [-0.2, -0.15) is 0 Å². The molecular formula is C30H44Cl3N7O10. The largest absolute Gasteiger partial charge is 0.468 e. The molecule has 280 valence electrons. The fourth-order valence-electron chi connectivity index (χ4n) is 5.21. The van der Waals surface area contributed by atoms with E-state index in [9.17, 15) is 33.6 Å². The monoisotopic (exact) mass is 767 g/mol. The summed E-state index contributed by atoms with van der Waals surface area (Å²) in [6.45, 7) is 10.7. The fraction of sp³-hybridized carbons (Fsp3) is 0.600. The highest BCUT2D eigenvalue weighted by Crippen LogP contribution is 2.53. The lowest BCUT2D eigenvalue weighted by molar-refractivity contribution is -0.151. The number of hydrogen-bond donors (Lipinski definition) is 2. The number of rotatable bonds is 6. The Morgan fingerprint density at radius 2 is 1.34 bits per heavy atom. The van der Waals surface area contributed by atoms with Crippen LogP contribution in [0.5, 0.6) is 0 Å². The standard InChI is InChI=1S/C9H16N2.C9H13NO4.C8H11NO3.C3Cl3N3O3.CH4/c1-2-5-9-10-6-4-8-11(9)7-3-1;1-4-6-5-9(6,7(11)13-2)10-8(12)14-3;1-3-5-4-8(5,6(9)10)7(11)12-2;4-7-1(10)8(5)3(12)9(6)2(7)11;/h1-8H2;4,6H,1,5H2,2-3H3,(H,10,12);3,5H,1,4H2,2H3,(H2,9,10);;1H4/t;6-,9-;5-,8+;;/m.00../s1. The molecule has 0 bridgehead atoms. The Morgan fingerprint density at radius 3 is 1.76 bits per heavy atom. The molecule has 1 aromatic rings. The van der Waals surface area contributed by atoms with Crippen molar-refractivity contribution in [2.24, 2.45) is 28.0 Å². The van der Waals surface area contributed by atoms with E-state index in [0.717, 1.165) is 6.54 Å². The summed E-state index contributed by atoms with van der Waals surface area (Å²) in [5.74, 6) is -0.475. The van der Waals surface area contributed by atoms with Crippen molar-refractivity contribution in [2.75, 3.05) is 41.0 Å². The Bertz CT molecular complexity index is 1540. The molecule has 2 amide bonds. The third kappa shape index (κ3) is 10.0. The average Bonchev–Trinajstić information content (AvgIpc) is 4.03. The van der Waals surface area contributed by atoms with Gasteiger partial charge in [0, 0.05) is 73.2 Å². The van der Waals surface area contributed by atoms with Crippen molar-refractivity contribution in [3.8, 4) is 0 Å². The zero-order chi connectivity index (χ0) is 37.1. The summed E-state index contributed by atoms with van der Waals surface area (Å²) in [5.41, 5.74) is -0.467. The number of hydrogen-bond acceptors (Lipinski definition) is 12. The number of primary amides is 1. The number of fused-ring (bicyclic) bond motifs is 1. The van der Waals surface area contributed by atoms with Crippen molar-refractivity contribution in [3.63, 3.8) is 0 Å². The number of allylic oxidation sites excluding steroid dienone is 1. The van der Waals surface area contributed by atoms with Gasteiger partial charge >= 0.3 is 35.1 Å². The number of aromatic nitrogens is 3. The highest BCUT2D eigenvalue weighted by atomic mass is 35.5. The predicted octanol–water partition coefficient (Wildman–Crippen LogP) is 1.78. The number of ether oxygens (including phenoxy) is 3. The molecule has 0 aromatic carbocycles. The molecule has 0 spiro atoms. The summed E-state index contributed by atoms with van der Waals surface area (Å²) in [6.07, 6.45) is 10.1. The van der Waals surface area contributed by atoms with Crippen molar-refractivity contribution in [1.82, 2.24) is 22.5 Å². The quantitative estimate of drug-likeness (QED) is 0.184. The summed E-state index contributed by atoms with van der Waals surface area (Å²) >= 11 is 15.3. The molecule has 2 saturated carbocycles. The van der Waals surface area contributed by atoms with Gasteiger partial charge in [-0.15, -0.1) is 25.4 Å². The summed E-state index contributed by atoms with van der Waals surface area (Å²) in [5, 5.41) is 2.46. The molecule has 2 aliphatic carbocycles. The topological polar surface area (TPSA) is 216 Å². The van der Waals surface area contributed by atoms with Gasteiger partial charge in [0.1, 0.15) is 5.54 Å². The van der Waals surface area contributed by atoms with E-state index in [2.05, 4.69) is 42.6 Å². The van der Waals surface area contributed by atoms with Gasteiger partial charge in [0.2, 0.25) is 5.91 Å². The normalized spacial score (nSPS) is 23.9. The number of nitrogens with two attached hydrogens (primary N) is 1. The number of nitrogens with one attached hydrogen (secondary N) is 1. The van der Waals surface area contributed by atoms with Crippen molar-refractivity contribution < 1.29 is 33.4 Å². The number of amides is 2. The molecule has 20 heteroatoms. The van der Waals surface area contributed by atoms with Crippen LogP contribution in [0.2, 0.25) is 0 Å². The van der Waals surface area contributed by atoms with E-state index < -0.39 is 52.0 Å². The van der Waals surface area contributed by atoms with Crippen LogP contribution >= 0.6 is 35.3 Å². The maximum absolute atomic E-state index is 11.4. The molecule has 17 nitrogen and oxygen atoms in total. The van der Waals surface area contributed by atoms with Crippen molar-refractivity contribution in [2.45, 2.75) is 57.9 Å². The van der Waals surface area contributed by atoms with Crippen molar-refractivity contribution >= 4 is 65.1 Å². The minimum Gasteiger partial charge on any atom is -0.468 e. The van der Waals surface area contributed by atoms with E-state index >= 15 is 0 Å². The first-order chi connectivity index (χ1) is 23.1. The zero-order valence-electron chi connectivity index (χ0n) is 27.3.